The summed E-state index contributed by atoms with van der Waals surface area (Å²) in [6, 6.07) is 10.8. The molecule has 2 rings (SSSR count). The van der Waals surface area contributed by atoms with Crippen LogP contribution in [0.25, 0.3) is 0 Å². The van der Waals surface area contributed by atoms with Crippen LogP contribution < -0.4 is 5.56 Å². The maximum atomic E-state index is 11.6. The molecule has 0 bridgehead atoms. The van der Waals surface area contributed by atoms with Gasteiger partial charge in [-0.15, -0.1) is 0 Å². The molecule has 0 fully saturated rings. The summed E-state index contributed by atoms with van der Waals surface area (Å²) in [6.45, 7) is 2.21. The Morgan fingerprint density at radius 1 is 1.41 bits per heavy atom. The third kappa shape index (κ3) is 2.58. The van der Waals surface area contributed by atoms with E-state index in [0.717, 1.165) is 11.1 Å². The molecule has 84 valence electrons. The monoisotopic (exact) mass is 225 g/mol. The van der Waals surface area contributed by atoms with Crippen molar-refractivity contribution < 1.29 is 0 Å². The van der Waals surface area contributed by atoms with Crippen LogP contribution in [0.15, 0.2) is 41.3 Å². The van der Waals surface area contributed by atoms with E-state index in [9.17, 15) is 4.79 Å². The molecule has 1 aromatic carbocycles. The third-order valence-corrected chi connectivity index (χ3v) is 2.39. The minimum absolute atomic E-state index is 0.132. The zero-order valence-corrected chi connectivity index (χ0v) is 9.42. The summed E-state index contributed by atoms with van der Waals surface area (Å²) in [5, 5.41) is 12.8. The Bertz CT molecular complexity index is 638. The molecule has 0 saturated heterocycles. The van der Waals surface area contributed by atoms with Gasteiger partial charge in [0.2, 0.25) is 0 Å². The maximum absolute atomic E-state index is 11.6. The van der Waals surface area contributed by atoms with Crippen LogP contribution in [-0.4, -0.2) is 9.78 Å². The predicted molar refractivity (Wildman–Crippen MR) is 63.5 cm³/mol. The minimum atomic E-state index is -0.132. The van der Waals surface area contributed by atoms with Crippen molar-refractivity contribution in [3.8, 4) is 6.07 Å². The summed E-state index contributed by atoms with van der Waals surface area (Å²) in [4.78, 5) is 11.6. The van der Waals surface area contributed by atoms with E-state index in [1.54, 1.807) is 30.5 Å². The van der Waals surface area contributed by atoms with Crippen LogP contribution in [0.2, 0.25) is 0 Å². The zero-order chi connectivity index (χ0) is 12.3. The molecule has 0 amide bonds. The van der Waals surface area contributed by atoms with E-state index in [-0.39, 0.29) is 5.56 Å². The molecular formula is C13H11N3O. The second-order valence-corrected chi connectivity index (χ2v) is 3.84. The number of rotatable bonds is 2. The van der Waals surface area contributed by atoms with Crippen molar-refractivity contribution in [1.82, 2.24) is 9.78 Å². The van der Waals surface area contributed by atoms with Crippen molar-refractivity contribution in [3.63, 3.8) is 0 Å². The third-order valence-electron chi connectivity index (χ3n) is 2.39. The number of aromatic nitrogens is 2. The van der Waals surface area contributed by atoms with E-state index >= 15 is 0 Å². The fraction of sp³-hybridized carbons (Fsp3) is 0.154. The van der Waals surface area contributed by atoms with E-state index in [1.165, 1.54) is 4.68 Å². The summed E-state index contributed by atoms with van der Waals surface area (Å²) in [7, 11) is 0. The molecule has 0 aliphatic heterocycles. The molecule has 0 radical (unpaired) electrons. The summed E-state index contributed by atoms with van der Waals surface area (Å²) < 4.78 is 1.38. The van der Waals surface area contributed by atoms with Gasteiger partial charge in [-0.1, -0.05) is 12.1 Å². The Labute approximate surface area is 98.8 Å². The molecule has 2 aromatic rings. The lowest BCUT2D eigenvalue weighted by Gasteiger charge is -2.04. The van der Waals surface area contributed by atoms with Crippen LogP contribution in [0.3, 0.4) is 0 Å². The minimum Gasteiger partial charge on any atom is -0.268 e. The Morgan fingerprint density at radius 3 is 2.94 bits per heavy atom. The normalized spacial score (nSPS) is 9.88. The van der Waals surface area contributed by atoms with Crippen LogP contribution in [0.5, 0.6) is 0 Å². The van der Waals surface area contributed by atoms with Crippen molar-refractivity contribution in [2.45, 2.75) is 13.5 Å². The molecule has 0 atom stereocenters. The van der Waals surface area contributed by atoms with Gasteiger partial charge in [-0.2, -0.15) is 10.4 Å². The number of hydrogen-bond donors (Lipinski definition) is 0. The second-order valence-electron chi connectivity index (χ2n) is 3.84. The van der Waals surface area contributed by atoms with Crippen molar-refractivity contribution in [2.24, 2.45) is 0 Å². The highest BCUT2D eigenvalue weighted by atomic mass is 16.1. The maximum Gasteiger partial charge on any atom is 0.267 e. The topological polar surface area (TPSA) is 58.7 Å². The first kappa shape index (κ1) is 11.1. The second kappa shape index (κ2) is 4.62. The number of nitrogens with zero attached hydrogens (tertiary/aromatic N) is 3. The highest BCUT2D eigenvalue weighted by molar-refractivity contribution is 5.32. The summed E-state index contributed by atoms with van der Waals surface area (Å²) in [6.07, 6.45) is 1.65. The van der Waals surface area contributed by atoms with Gasteiger partial charge in [0.25, 0.3) is 5.56 Å². The van der Waals surface area contributed by atoms with Crippen LogP contribution in [0.4, 0.5) is 0 Å². The SMILES string of the molecule is Cc1cnn(Cc2cccc(C#N)c2)c(=O)c1. The van der Waals surface area contributed by atoms with Crippen LogP contribution in [0, 0.1) is 18.3 Å². The van der Waals surface area contributed by atoms with Crippen molar-refractivity contribution in [1.29, 1.82) is 5.26 Å². The Balaban J connectivity index is 2.32. The van der Waals surface area contributed by atoms with E-state index in [0.29, 0.717) is 12.1 Å². The van der Waals surface area contributed by atoms with Gasteiger partial charge in [0, 0.05) is 6.07 Å². The fourth-order valence-electron chi connectivity index (χ4n) is 1.56. The molecule has 0 saturated carbocycles. The van der Waals surface area contributed by atoms with Gasteiger partial charge in [0.15, 0.2) is 0 Å². The number of aryl methyl sites for hydroxylation is 1. The molecule has 17 heavy (non-hydrogen) atoms. The number of hydrogen-bond acceptors (Lipinski definition) is 3. The fourth-order valence-corrected chi connectivity index (χ4v) is 1.56. The quantitative estimate of drug-likeness (QED) is 0.777. The molecule has 4 nitrogen and oxygen atoms in total. The molecule has 1 aromatic heterocycles. The zero-order valence-electron chi connectivity index (χ0n) is 9.42. The van der Waals surface area contributed by atoms with Crippen LogP contribution in [-0.2, 0) is 6.54 Å². The lowest BCUT2D eigenvalue weighted by molar-refractivity contribution is 0.636. The molecule has 0 aliphatic carbocycles. The average Bonchev–Trinajstić information content (AvgIpc) is 2.33. The van der Waals surface area contributed by atoms with Crippen LogP contribution >= 0.6 is 0 Å². The molecule has 0 unspecified atom stereocenters. The van der Waals surface area contributed by atoms with E-state index in [4.69, 9.17) is 5.26 Å². The van der Waals surface area contributed by atoms with Crippen molar-refractivity contribution in [2.75, 3.05) is 0 Å². The molecule has 0 N–H and O–H groups in total. The lowest BCUT2D eigenvalue weighted by Crippen LogP contribution is -2.22. The molecule has 0 aliphatic rings. The van der Waals surface area contributed by atoms with Crippen LogP contribution in [0.1, 0.15) is 16.7 Å². The van der Waals surface area contributed by atoms with Gasteiger partial charge in [-0.25, -0.2) is 4.68 Å². The highest BCUT2D eigenvalue weighted by Crippen LogP contribution is 2.04. The van der Waals surface area contributed by atoms with Crippen molar-refractivity contribution >= 4 is 0 Å². The predicted octanol–water partition coefficient (Wildman–Crippen LogP) is 1.47. The standard InChI is InChI=1S/C13H11N3O/c1-10-5-13(17)16(15-8-10)9-12-4-2-3-11(6-12)7-14/h2-6,8H,9H2,1H3. The summed E-state index contributed by atoms with van der Waals surface area (Å²) in [5.41, 5.74) is 2.19. The summed E-state index contributed by atoms with van der Waals surface area (Å²) in [5.74, 6) is 0. The number of benzene rings is 1. The Morgan fingerprint density at radius 2 is 2.24 bits per heavy atom. The van der Waals surface area contributed by atoms with Gasteiger partial charge in [-0.3, -0.25) is 4.79 Å². The van der Waals surface area contributed by atoms with E-state index in [1.807, 2.05) is 13.0 Å². The smallest absolute Gasteiger partial charge is 0.267 e. The van der Waals surface area contributed by atoms with Gasteiger partial charge >= 0.3 is 0 Å². The highest BCUT2D eigenvalue weighted by Gasteiger charge is 2.00. The molecule has 1 heterocycles. The van der Waals surface area contributed by atoms with E-state index in [2.05, 4.69) is 11.2 Å². The molecular weight excluding hydrogens is 214 g/mol. The van der Waals surface area contributed by atoms with Crippen molar-refractivity contribution in [3.05, 3.63) is 63.6 Å². The van der Waals surface area contributed by atoms with E-state index < -0.39 is 0 Å². The molecule has 4 heteroatoms. The first-order valence-electron chi connectivity index (χ1n) is 5.22. The molecule has 0 spiro atoms. The van der Waals surface area contributed by atoms with Gasteiger partial charge in [-0.05, 0) is 30.2 Å². The van der Waals surface area contributed by atoms with Gasteiger partial charge < -0.3 is 0 Å². The Hall–Kier alpha value is -2.41. The largest absolute Gasteiger partial charge is 0.268 e. The Kier molecular flexibility index (Phi) is 3.01. The average molecular weight is 225 g/mol. The van der Waals surface area contributed by atoms with Gasteiger partial charge in [0.1, 0.15) is 0 Å². The summed E-state index contributed by atoms with van der Waals surface area (Å²) >= 11 is 0. The lowest BCUT2D eigenvalue weighted by atomic mass is 10.1. The van der Waals surface area contributed by atoms with Gasteiger partial charge in [0.05, 0.1) is 24.4 Å². The first-order valence-corrected chi connectivity index (χ1v) is 5.22. The number of nitriles is 1. The first-order chi connectivity index (χ1) is 8.19.